The number of benzene rings is 1. The van der Waals surface area contributed by atoms with Gasteiger partial charge in [0.15, 0.2) is 0 Å². The van der Waals surface area contributed by atoms with Gasteiger partial charge in [-0.25, -0.2) is 0 Å². The van der Waals surface area contributed by atoms with Gasteiger partial charge in [0.25, 0.3) is 0 Å². The number of nitrogens with zero attached hydrogens (tertiary/aromatic N) is 1. The Kier molecular flexibility index (Phi) is 5.77. The van der Waals surface area contributed by atoms with Gasteiger partial charge in [0.1, 0.15) is 0 Å². The first-order chi connectivity index (χ1) is 9.26. The number of carbonyl (C=O) groups excluding carboxylic acids is 1. The number of esters is 1. The Hall–Kier alpha value is -1.33. The lowest BCUT2D eigenvalue weighted by molar-refractivity contribution is -0.142. The number of thioether (sulfide) groups is 1. The van der Waals surface area contributed by atoms with E-state index in [2.05, 4.69) is 12.6 Å². The molecule has 0 aliphatic rings. The monoisotopic (exact) mass is 321 g/mol. The normalized spacial score (nSPS) is 11.0. The first kappa shape index (κ1) is 16.7. The van der Waals surface area contributed by atoms with Gasteiger partial charge < -0.3 is 4.74 Å². The molecule has 20 heavy (non-hydrogen) atoms. The molecule has 0 heterocycles. The average Bonchev–Trinajstić information content (AvgIpc) is 2.31. The van der Waals surface area contributed by atoms with Crippen molar-refractivity contribution in [3.63, 3.8) is 0 Å². The van der Waals surface area contributed by atoms with Crippen molar-refractivity contribution in [3.8, 4) is 6.07 Å². The molecular weight excluding hydrogens is 311 g/mol. The van der Waals surface area contributed by atoms with Crippen molar-refractivity contribution in [1.29, 1.82) is 5.26 Å². The summed E-state index contributed by atoms with van der Waals surface area (Å²) in [5.41, 5.74) is -4.17. The Morgan fingerprint density at radius 1 is 1.50 bits per heavy atom. The molecule has 3 nitrogen and oxygen atoms in total. The van der Waals surface area contributed by atoms with Gasteiger partial charge in [-0.05, 0) is 36.4 Å². The molecule has 0 radical (unpaired) electrons. The summed E-state index contributed by atoms with van der Waals surface area (Å²) in [7, 11) is 0. The number of halogens is 3. The maximum absolute atomic E-state index is 12.4. The summed E-state index contributed by atoms with van der Waals surface area (Å²) in [5, 5.41) is 8.94. The van der Waals surface area contributed by atoms with E-state index in [4.69, 9.17) is 10.00 Å². The van der Waals surface area contributed by atoms with Crippen molar-refractivity contribution in [1.82, 2.24) is 0 Å². The zero-order valence-corrected chi connectivity index (χ0v) is 12.0. The zero-order chi connectivity index (χ0) is 15.3. The molecule has 1 aromatic rings. The largest absolute Gasteiger partial charge is 0.466 e. The van der Waals surface area contributed by atoms with Gasteiger partial charge in [-0.3, -0.25) is 4.79 Å². The third-order valence-electron chi connectivity index (χ3n) is 2.17. The van der Waals surface area contributed by atoms with Gasteiger partial charge >= 0.3 is 11.5 Å². The predicted octanol–water partition coefficient (Wildman–Crippen LogP) is 3.56. The molecule has 0 fully saturated rings. The van der Waals surface area contributed by atoms with Crippen LogP contribution in [0.15, 0.2) is 21.9 Å². The molecule has 0 bridgehead atoms. The fourth-order valence-corrected chi connectivity index (χ4v) is 2.38. The van der Waals surface area contributed by atoms with Crippen molar-refractivity contribution in [2.75, 3.05) is 6.61 Å². The van der Waals surface area contributed by atoms with Crippen molar-refractivity contribution >= 4 is 30.4 Å². The van der Waals surface area contributed by atoms with Gasteiger partial charge in [-0.2, -0.15) is 18.4 Å². The molecule has 0 aromatic heterocycles. The third kappa shape index (κ3) is 4.98. The van der Waals surface area contributed by atoms with Gasteiger partial charge in [-0.1, -0.05) is 0 Å². The second kappa shape index (κ2) is 6.90. The second-order valence-corrected chi connectivity index (χ2v) is 5.21. The van der Waals surface area contributed by atoms with E-state index >= 15 is 0 Å². The van der Waals surface area contributed by atoms with Crippen LogP contribution in [0, 0.1) is 11.3 Å². The van der Waals surface area contributed by atoms with Crippen LogP contribution in [0.3, 0.4) is 0 Å². The van der Waals surface area contributed by atoms with E-state index < -0.39 is 11.5 Å². The van der Waals surface area contributed by atoms with Crippen LogP contribution >= 0.6 is 24.4 Å². The summed E-state index contributed by atoms with van der Waals surface area (Å²) in [6.45, 7) is 1.78. The molecule has 108 valence electrons. The maximum atomic E-state index is 12.4. The fraction of sp³-hybridized carbons (Fsp3) is 0.333. The molecule has 1 aromatic carbocycles. The molecule has 0 atom stereocenters. The summed E-state index contributed by atoms with van der Waals surface area (Å²) >= 11 is 3.59. The second-order valence-electron chi connectivity index (χ2n) is 3.62. The van der Waals surface area contributed by atoms with E-state index in [1.165, 1.54) is 6.07 Å². The smallest absolute Gasteiger partial charge is 0.446 e. The van der Waals surface area contributed by atoms with Crippen LogP contribution < -0.4 is 0 Å². The minimum absolute atomic E-state index is 0.0384. The van der Waals surface area contributed by atoms with E-state index in [9.17, 15) is 18.0 Å². The van der Waals surface area contributed by atoms with Crippen LogP contribution in [-0.4, -0.2) is 18.1 Å². The fourth-order valence-electron chi connectivity index (χ4n) is 1.43. The molecule has 0 aliphatic heterocycles. The van der Waals surface area contributed by atoms with Crippen molar-refractivity contribution in [3.05, 3.63) is 23.3 Å². The van der Waals surface area contributed by atoms with Gasteiger partial charge in [0.2, 0.25) is 0 Å². The molecule has 0 unspecified atom stereocenters. The van der Waals surface area contributed by atoms with Crippen LogP contribution in [0.4, 0.5) is 13.2 Å². The Morgan fingerprint density at radius 3 is 2.65 bits per heavy atom. The predicted molar refractivity (Wildman–Crippen MR) is 70.7 cm³/mol. The zero-order valence-electron chi connectivity index (χ0n) is 10.3. The molecule has 8 heteroatoms. The number of hydrogen-bond donors (Lipinski definition) is 1. The molecule has 0 saturated heterocycles. The highest BCUT2D eigenvalue weighted by atomic mass is 32.2. The van der Waals surface area contributed by atoms with Crippen molar-refractivity contribution < 1.29 is 22.7 Å². The van der Waals surface area contributed by atoms with E-state index in [0.717, 1.165) is 6.07 Å². The molecule has 0 aliphatic carbocycles. The molecule has 0 spiro atoms. The van der Waals surface area contributed by atoms with E-state index in [0.29, 0.717) is 0 Å². The quantitative estimate of drug-likeness (QED) is 0.523. The number of carbonyl (C=O) groups is 1. The maximum Gasteiger partial charge on any atom is 0.446 e. The summed E-state index contributed by atoms with van der Waals surface area (Å²) in [6.07, 6.45) is -0.254. The number of thiol groups is 1. The highest BCUT2D eigenvalue weighted by Gasteiger charge is 2.30. The lowest BCUT2D eigenvalue weighted by atomic mass is 10.1. The Morgan fingerprint density at radius 2 is 2.15 bits per heavy atom. The summed E-state index contributed by atoms with van der Waals surface area (Å²) in [6, 6.07) is 4.19. The van der Waals surface area contributed by atoms with Crippen LogP contribution in [0.5, 0.6) is 0 Å². The summed E-state index contributed by atoms with van der Waals surface area (Å²) < 4.78 is 41.9. The van der Waals surface area contributed by atoms with Crippen LogP contribution in [0.25, 0.3) is 0 Å². The molecule has 0 saturated carbocycles. The number of hydrogen-bond acceptors (Lipinski definition) is 5. The van der Waals surface area contributed by atoms with Gasteiger partial charge in [0.05, 0.1) is 24.7 Å². The van der Waals surface area contributed by atoms with E-state index in [1.807, 2.05) is 6.07 Å². The van der Waals surface area contributed by atoms with Crippen LogP contribution in [0.1, 0.15) is 18.1 Å². The topological polar surface area (TPSA) is 50.1 Å². The van der Waals surface area contributed by atoms with E-state index in [1.54, 1.807) is 6.92 Å². The standard InChI is InChI=1S/C12H10F3NO2S2/c1-2-18-11(17)5-7-4-10(20-12(13,14)15)9(19)3-8(7)6-16/h3-4,19H,2,5H2,1H3. The van der Waals surface area contributed by atoms with Crippen molar-refractivity contribution in [2.45, 2.75) is 28.6 Å². The van der Waals surface area contributed by atoms with Gasteiger partial charge in [0, 0.05) is 9.79 Å². The SMILES string of the molecule is CCOC(=O)Cc1cc(SC(F)(F)F)c(S)cc1C#N. The molecule has 0 N–H and O–H groups in total. The number of nitriles is 1. The van der Waals surface area contributed by atoms with E-state index in [-0.39, 0.29) is 45.7 Å². The number of alkyl halides is 3. The average molecular weight is 321 g/mol. The first-order valence-corrected chi connectivity index (χ1v) is 6.70. The van der Waals surface area contributed by atoms with Crippen LogP contribution in [0.2, 0.25) is 0 Å². The summed E-state index contributed by atoms with van der Waals surface area (Å²) in [5.74, 6) is -0.598. The van der Waals surface area contributed by atoms with Crippen LogP contribution in [-0.2, 0) is 16.0 Å². The lowest BCUT2D eigenvalue weighted by Gasteiger charge is -2.11. The highest BCUT2D eigenvalue weighted by Crippen LogP contribution is 2.40. The number of ether oxygens (including phenoxy) is 1. The highest BCUT2D eigenvalue weighted by molar-refractivity contribution is 8.00. The van der Waals surface area contributed by atoms with Gasteiger partial charge in [-0.15, -0.1) is 12.6 Å². The lowest BCUT2D eigenvalue weighted by Crippen LogP contribution is -2.09. The molecule has 0 amide bonds. The minimum Gasteiger partial charge on any atom is -0.466 e. The Bertz CT molecular complexity index is 553. The third-order valence-corrected chi connectivity index (χ3v) is 3.48. The first-order valence-electron chi connectivity index (χ1n) is 5.44. The van der Waals surface area contributed by atoms with Crippen molar-refractivity contribution in [2.24, 2.45) is 0 Å². The Labute approximate surface area is 123 Å². The minimum atomic E-state index is -4.47. The molecule has 1 rings (SSSR count). The number of rotatable bonds is 4. The Balaban J connectivity index is 3.12. The molecular formula is C12H10F3NO2S2. The summed E-state index contributed by atoms with van der Waals surface area (Å²) in [4.78, 5) is 11.3.